The molecule has 0 N–H and O–H groups in total. The molecule has 7 heavy (non-hydrogen) atoms. The van der Waals surface area contributed by atoms with Crippen molar-refractivity contribution in [1.29, 1.82) is 0 Å². The maximum atomic E-state index is 4.04. The van der Waals surface area contributed by atoms with E-state index in [1.165, 1.54) is 0 Å². The Morgan fingerprint density at radius 2 is 2.29 bits per heavy atom. The lowest BCUT2D eigenvalue weighted by Crippen LogP contribution is -1.71. The Bertz CT molecular complexity index is 142. The first-order chi connectivity index (χ1) is 3.30. The van der Waals surface area contributed by atoms with Gasteiger partial charge in [-0.3, -0.25) is 3.97 Å². The summed E-state index contributed by atoms with van der Waals surface area (Å²) >= 11 is 8.02. The van der Waals surface area contributed by atoms with Crippen molar-refractivity contribution in [1.82, 2.24) is 3.97 Å². The van der Waals surface area contributed by atoms with Crippen LogP contribution in [0.4, 0.5) is 0 Å². The molecule has 0 aliphatic heterocycles. The van der Waals surface area contributed by atoms with Crippen molar-refractivity contribution < 1.29 is 0 Å². The van der Waals surface area contributed by atoms with Crippen molar-refractivity contribution in [2.75, 3.05) is 0 Å². The van der Waals surface area contributed by atoms with Gasteiger partial charge in [-0.1, -0.05) is 12.8 Å². The van der Waals surface area contributed by atoms with Gasteiger partial charge in [-0.15, -0.1) is 12.6 Å². The fraction of sp³-hybridized carbons (Fsp3) is 0. The van der Waals surface area contributed by atoms with E-state index in [1.54, 1.807) is 3.97 Å². The van der Waals surface area contributed by atoms with Gasteiger partial charge in [0.1, 0.15) is 0 Å². The summed E-state index contributed by atoms with van der Waals surface area (Å²) in [7, 11) is 0. The average Bonchev–Trinajstić information content (AvgIpc) is 1.91. The van der Waals surface area contributed by atoms with Crippen molar-refractivity contribution >= 4 is 25.4 Å². The van der Waals surface area contributed by atoms with Crippen LogP contribution in [-0.2, 0) is 0 Å². The van der Waals surface area contributed by atoms with Gasteiger partial charge < -0.3 is 0 Å². The number of hydrogen-bond acceptors (Lipinski definition) is 2. The first kappa shape index (κ1) is 5.12. The maximum absolute atomic E-state index is 4.04. The smallest absolute Gasteiger partial charge is 0.0819 e. The molecule has 0 saturated carbocycles. The lowest BCUT2D eigenvalue weighted by molar-refractivity contribution is 1.13. The number of nitrogens with zero attached hydrogens (tertiary/aromatic N) is 1. The third-order valence-corrected chi connectivity index (χ3v) is 1.58. The van der Waals surface area contributed by atoms with Crippen LogP contribution in [0, 0.1) is 0 Å². The molecule has 0 atom stereocenters. The topological polar surface area (TPSA) is 4.93 Å². The zero-order valence-electron chi connectivity index (χ0n) is 3.57. The van der Waals surface area contributed by atoms with Crippen LogP contribution in [0.3, 0.4) is 0 Å². The van der Waals surface area contributed by atoms with Crippen LogP contribution in [0.2, 0.25) is 0 Å². The summed E-state index contributed by atoms with van der Waals surface area (Å²) in [5.74, 6) is 0. The molecule has 38 valence electrons. The summed E-state index contributed by atoms with van der Waals surface area (Å²) in [4.78, 5) is 0. The fourth-order valence-corrected chi connectivity index (χ4v) is 0.660. The summed E-state index contributed by atoms with van der Waals surface area (Å²) in [6, 6.07) is 3.76. The quantitative estimate of drug-likeness (QED) is 0.492. The number of hydrogen-bond donors (Lipinski definition) is 2. The molecule has 1 nitrogen and oxygen atoms in total. The Kier molecular flexibility index (Phi) is 1.35. The zero-order chi connectivity index (χ0) is 5.28. The van der Waals surface area contributed by atoms with E-state index in [1.807, 2.05) is 18.3 Å². The van der Waals surface area contributed by atoms with Gasteiger partial charge in [0.05, 0.1) is 5.03 Å². The van der Waals surface area contributed by atoms with Crippen molar-refractivity contribution in [2.45, 2.75) is 5.03 Å². The molecule has 0 unspecified atom stereocenters. The molecule has 0 bridgehead atoms. The molecule has 1 heterocycles. The van der Waals surface area contributed by atoms with Crippen molar-refractivity contribution in [3.63, 3.8) is 0 Å². The molecule has 0 radical (unpaired) electrons. The van der Waals surface area contributed by atoms with E-state index in [2.05, 4.69) is 25.4 Å². The van der Waals surface area contributed by atoms with Gasteiger partial charge in [-0.2, -0.15) is 0 Å². The van der Waals surface area contributed by atoms with Gasteiger partial charge in [-0.25, -0.2) is 0 Å². The fourth-order valence-electron chi connectivity index (χ4n) is 0.363. The molecule has 0 amide bonds. The summed E-state index contributed by atoms with van der Waals surface area (Å²) in [6.07, 6.45) is 1.82. The van der Waals surface area contributed by atoms with E-state index in [-0.39, 0.29) is 0 Å². The molecule has 3 heteroatoms. The Morgan fingerprint density at radius 1 is 1.57 bits per heavy atom. The summed E-state index contributed by atoms with van der Waals surface area (Å²) in [5, 5.41) is 0.864. The lowest BCUT2D eigenvalue weighted by Gasteiger charge is -1.86. The summed E-state index contributed by atoms with van der Waals surface area (Å²) in [6.45, 7) is 0. The first-order valence-electron chi connectivity index (χ1n) is 1.86. The van der Waals surface area contributed by atoms with Crippen LogP contribution < -0.4 is 0 Å². The second-order valence-electron chi connectivity index (χ2n) is 1.21. The zero-order valence-corrected chi connectivity index (χ0v) is 5.36. The third-order valence-electron chi connectivity index (χ3n) is 0.707. The van der Waals surface area contributed by atoms with Gasteiger partial charge in [0.2, 0.25) is 0 Å². The Hall–Kier alpha value is -0.0200. The van der Waals surface area contributed by atoms with Crippen LogP contribution in [0.15, 0.2) is 23.4 Å². The Balaban J connectivity index is 3.12. The van der Waals surface area contributed by atoms with Crippen LogP contribution in [0.1, 0.15) is 0 Å². The lowest BCUT2D eigenvalue weighted by atomic mass is 10.7. The van der Waals surface area contributed by atoms with E-state index in [0.717, 1.165) is 5.03 Å². The minimum Gasteiger partial charge on any atom is -0.289 e. The van der Waals surface area contributed by atoms with Gasteiger partial charge in [-0.05, 0) is 12.1 Å². The largest absolute Gasteiger partial charge is 0.289 e. The van der Waals surface area contributed by atoms with E-state index >= 15 is 0 Å². The highest BCUT2D eigenvalue weighted by molar-refractivity contribution is 7.82. The molecule has 0 aliphatic carbocycles. The number of aromatic nitrogens is 1. The van der Waals surface area contributed by atoms with Crippen LogP contribution in [-0.4, -0.2) is 3.97 Å². The van der Waals surface area contributed by atoms with Crippen molar-refractivity contribution in [3.05, 3.63) is 18.3 Å². The molecule has 1 rings (SSSR count). The molecular weight excluding hydrogens is 126 g/mol. The number of rotatable bonds is 0. The van der Waals surface area contributed by atoms with Crippen LogP contribution in [0.25, 0.3) is 0 Å². The van der Waals surface area contributed by atoms with E-state index in [0.29, 0.717) is 0 Å². The van der Waals surface area contributed by atoms with Gasteiger partial charge in [0.15, 0.2) is 0 Å². The van der Waals surface area contributed by atoms with Gasteiger partial charge in [0.25, 0.3) is 0 Å². The maximum Gasteiger partial charge on any atom is 0.0819 e. The van der Waals surface area contributed by atoms with Crippen molar-refractivity contribution in [3.8, 4) is 0 Å². The second-order valence-corrected chi connectivity index (χ2v) is 2.10. The molecule has 1 aromatic heterocycles. The van der Waals surface area contributed by atoms with Crippen LogP contribution in [0.5, 0.6) is 0 Å². The minimum atomic E-state index is 0.864. The Labute approximate surface area is 53.3 Å². The molecule has 0 spiro atoms. The normalized spacial score (nSPS) is 9.43. The van der Waals surface area contributed by atoms with E-state index in [4.69, 9.17) is 0 Å². The predicted octanol–water partition coefficient (Wildman–Crippen LogP) is 1.47. The average molecular weight is 131 g/mol. The highest BCUT2D eigenvalue weighted by atomic mass is 32.1. The number of thiol groups is 2. The second kappa shape index (κ2) is 1.84. The standard InChI is InChI=1S/C4H5NS2/c6-4-2-1-3-5(4)7/h1-3,6-7H. The van der Waals surface area contributed by atoms with E-state index < -0.39 is 0 Å². The highest BCUT2D eigenvalue weighted by Crippen LogP contribution is 2.06. The van der Waals surface area contributed by atoms with Crippen molar-refractivity contribution in [2.24, 2.45) is 0 Å². The third kappa shape index (κ3) is 0.951. The summed E-state index contributed by atoms with van der Waals surface area (Å²) < 4.78 is 1.64. The SMILES string of the molecule is Sc1cccn1S. The monoisotopic (exact) mass is 131 g/mol. The molecule has 1 aromatic rings. The van der Waals surface area contributed by atoms with Crippen LogP contribution >= 0.6 is 25.4 Å². The molecule has 0 fully saturated rings. The van der Waals surface area contributed by atoms with Gasteiger partial charge in [0, 0.05) is 6.20 Å². The minimum absolute atomic E-state index is 0.864. The molecule has 0 aromatic carbocycles. The first-order valence-corrected chi connectivity index (χ1v) is 2.71. The summed E-state index contributed by atoms with van der Waals surface area (Å²) in [5.41, 5.74) is 0. The molecule has 0 aliphatic rings. The Morgan fingerprint density at radius 3 is 2.43 bits per heavy atom. The molecule has 0 saturated heterocycles. The van der Waals surface area contributed by atoms with E-state index in [9.17, 15) is 0 Å². The highest BCUT2D eigenvalue weighted by Gasteiger charge is 1.84. The predicted molar refractivity (Wildman–Crippen MR) is 36.1 cm³/mol. The molecular formula is C4H5NS2. The van der Waals surface area contributed by atoms with Gasteiger partial charge >= 0.3 is 0 Å².